The third-order valence-electron chi connectivity index (χ3n) is 3.82. The molecule has 0 spiro atoms. The van der Waals surface area contributed by atoms with E-state index in [4.69, 9.17) is 4.74 Å². The molecule has 0 radical (unpaired) electrons. The number of rotatable bonds is 4. The second kappa shape index (κ2) is 6.72. The van der Waals surface area contributed by atoms with Crippen molar-refractivity contribution in [3.8, 4) is 17.1 Å². The minimum absolute atomic E-state index is 0.0902. The number of halogens is 1. The Morgan fingerprint density at radius 2 is 1.88 bits per heavy atom. The summed E-state index contributed by atoms with van der Waals surface area (Å²) < 4.78 is 19.3. The van der Waals surface area contributed by atoms with Crippen LogP contribution in [-0.4, -0.2) is 27.0 Å². The normalized spacial score (nSPS) is 10.7. The Morgan fingerprint density at radius 3 is 2.65 bits per heavy atom. The van der Waals surface area contributed by atoms with Gasteiger partial charge in [0, 0.05) is 29.5 Å². The highest BCUT2D eigenvalue weighted by molar-refractivity contribution is 5.93. The van der Waals surface area contributed by atoms with Crippen LogP contribution in [0.3, 0.4) is 0 Å². The molecule has 1 N–H and O–H groups in total. The van der Waals surface area contributed by atoms with Crippen LogP contribution >= 0.6 is 0 Å². The SMILES string of the molecule is COc1ccc2nc(-c3cccnc3)nc(Nc3ncccc3F)c2c1. The van der Waals surface area contributed by atoms with Crippen LogP contribution in [0.4, 0.5) is 16.0 Å². The third-order valence-corrected chi connectivity index (χ3v) is 3.82. The Balaban J connectivity index is 1.91. The summed E-state index contributed by atoms with van der Waals surface area (Å²) in [5.41, 5.74) is 1.45. The zero-order valence-corrected chi connectivity index (χ0v) is 13.8. The maximum atomic E-state index is 14.0. The molecule has 0 aliphatic heterocycles. The summed E-state index contributed by atoms with van der Waals surface area (Å²) in [6.45, 7) is 0. The summed E-state index contributed by atoms with van der Waals surface area (Å²) in [5, 5.41) is 3.66. The van der Waals surface area contributed by atoms with Gasteiger partial charge in [-0.25, -0.2) is 19.3 Å². The molecule has 4 aromatic rings. The fourth-order valence-electron chi connectivity index (χ4n) is 2.54. The highest BCUT2D eigenvalue weighted by Gasteiger charge is 2.13. The molecule has 4 rings (SSSR count). The van der Waals surface area contributed by atoms with Gasteiger partial charge in [-0.15, -0.1) is 0 Å². The molecule has 7 heteroatoms. The van der Waals surface area contributed by atoms with E-state index in [2.05, 4.69) is 25.3 Å². The molecule has 0 aliphatic rings. The van der Waals surface area contributed by atoms with Crippen LogP contribution in [0.1, 0.15) is 0 Å². The molecule has 0 atom stereocenters. The fourth-order valence-corrected chi connectivity index (χ4v) is 2.54. The number of pyridine rings is 2. The third kappa shape index (κ3) is 3.02. The van der Waals surface area contributed by atoms with Crippen molar-refractivity contribution in [2.75, 3.05) is 12.4 Å². The van der Waals surface area contributed by atoms with E-state index in [1.54, 1.807) is 25.6 Å². The Morgan fingerprint density at radius 1 is 1.00 bits per heavy atom. The van der Waals surface area contributed by atoms with Crippen LogP contribution in [0.25, 0.3) is 22.3 Å². The fraction of sp³-hybridized carbons (Fsp3) is 0.0526. The Bertz CT molecular complexity index is 1070. The predicted molar refractivity (Wildman–Crippen MR) is 96.8 cm³/mol. The Labute approximate surface area is 148 Å². The monoisotopic (exact) mass is 347 g/mol. The molecule has 0 saturated heterocycles. The van der Waals surface area contributed by atoms with E-state index >= 15 is 0 Å². The van der Waals surface area contributed by atoms with Gasteiger partial charge in [-0.3, -0.25) is 4.98 Å². The van der Waals surface area contributed by atoms with Crippen molar-refractivity contribution in [3.63, 3.8) is 0 Å². The second-order valence-electron chi connectivity index (χ2n) is 5.48. The largest absolute Gasteiger partial charge is 0.497 e. The molecular weight excluding hydrogens is 333 g/mol. The van der Waals surface area contributed by atoms with Gasteiger partial charge >= 0.3 is 0 Å². The highest BCUT2D eigenvalue weighted by atomic mass is 19.1. The molecule has 0 bridgehead atoms. The summed E-state index contributed by atoms with van der Waals surface area (Å²) in [7, 11) is 1.58. The van der Waals surface area contributed by atoms with E-state index in [9.17, 15) is 4.39 Å². The van der Waals surface area contributed by atoms with Gasteiger partial charge in [0.1, 0.15) is 11.6 Å². The average molecular weight is 347 g/mol. The van der Waals surface area contributed by atoms with Gasteiger partial charge in [0.15, 0.2) is 17.5 Å². The van der Waals surface area contributed by atoms with E-state index in [1.807, 2.05) is 24.3 Å². The predicted octanol–water partition coefficient (Wildman–Crippen LogP) is 3.98. The first-order valence-electron chi connectivity index (χ1n) is 7.88. The number of hydrogen-bond acceptors (Lipinski definition) is 6. The molecular formula is C19H14FN5O. The van der Waals surface area contributed by atoms with Crippen LogP contribution in [0.2, 0.25) is 0 Å². The minimum atomic E-state index is -0.468. The number of anilines is 2. The molecule has 0 aliphatic carbocycles. The van der Waals surface area contributed by atoms with Gasteiger partial charge < -0.3 is 10.1 Å². The lowest BCUT2D eigenvalue weighted by Gasteiger charge is -2.12. The summed E-state index contributed by atoms with van der Waals surface area (Å²) in [5.74, 6) is 1.19. The lowest BCUT2D eigenvalue weighted by Crippen LogP contribution is -2.02. The van der Waals surface area contributed by atoms with Gasteiger partial charge in [0.2, 0.25) is 0 Å². The second-order valence-corrected chi connectivity index (χ2v) is 5.48. The number of hydrogen-bond donors (Lipinski definition) is 1. The van der Waals surface area contributed by atoms with E-state index < -0.39 is 5.82 Å². The molecule has 0 fully saturated rings. The molecule has 0 saturated carbocycles. The quantitative estimate of drug-likeness (QED) is 0.602. The molecule has 0 unspecified atom stereocenters. The topological polar surface area (TPSA) is 72.8 Å². The average Bonchev–Trinajstić information content (AvgIpc) is 2.70. The van der Waals surface area contributed by atoms with Crippen molar-refractivity contribution in [2.24, 2.45) is 0 Å². The van der Waals surface area contributed by atoms with Gasteiger partial charge in [-0.05, 0) is 42.5 Å². The zero-order valence-electron chi connectivity index (χ0n) is 13.8. The number of methoxy groups -OCH3 is 1. The maximum Gasteiger partial charge on any atom is 0.167 e. The molecule has 26 heavy (non-hydrogen) atoms. The van der Waals surface area contributed by atoms with Gasteiger partial charge in [-0.2, -0.15) is 0 Å². The molecule has 0 amide bonds. The summed E-state index contributed by atoms with van der Waals surface area (Å²) in [6, 6.07) is 12.0. The van der Waals surface area contributed by atoms with Crippen molar-refractivity contribution in [2.45, 2.75) is 0 Å². The molecule has 6 nitrogen and oxygen atoms in total. The van der Waals surface area contributed by atoms with Crippen LogP contribution in [-0.2, 0) is 0 Å². The lowest BCUT2D eigenvalue weighted by atomic mass is 10.2. The maximum absolute atomic E-state index is 14.0. The number of aromatic nitrogens is 4. The summed E-state index contributed by atoms with van der Waals surface area (Å²) in [6.07, 6.45) is 4.87. The summed E-state index contributed by atoms with van der Waals surface area (Å²) in [4.78, 5) is 17.3. The minimum Gasteiger partial charge on any atom is -0.497 e. The highest BCUT2D eigenvalue weighted by Crippen LogP contribution is 2.29. The smallest absolute Gasteiger partial charge is 0.167 e. The van der Waals surface area contributed by atoms with E-state index in [1.165, 1.54) is 18.3 Å². The van der Waals surface area contributed by atoms with Crippen LogP contribution in [0.5, 0.6) is 5.75 Å². The Kier molecular flexibility index (Phi) is 4.10. The standard InChI is InChI=1S/C19H14FN5O/c1-26-13-6-7-16-14(10-13)18(25-19-15(20)5-3-9-22-19)24-17(23-16)12-4-2-8-21-11-12/h2-11H,1H3,(H,22,23,24,25). The first kappa shape index (κ1) is 15.9. The van der Waals surface area contributed by atoms with E-state index in [0.29, 0.717) is 28.3 Å². The molecule has 128 valence electrons. The van der Waals surface area contributed by atoms with Gasteiger partial charge in [-0.1, -0.05) is 0 Å². The van der Waals surface area contributed by atoms with Crippen LogP contribution < -0.4 is 10.1 Å². The van der Waals surface area contributed by atoms with Crippen LogP contribution in [0, 0.1) is 5.82 Å². The van der Waals surface area contributed by atoms with Crippen molar-refractivity contribution < 1.29 is 9.13 Å². The molecule has 3 heterocycles. The van der Waals surface area contributed by atoms with Gasteiger partial charge in [0.25, 0.3) is 0 Å². The van der Waals surface area contributed by atoms with Crippen molar-refractivity contribution in [1.82, 2.24) is 19.9 Å². The number of fused-ring (bicyclic) bond motifs is 1. The van der Waals surface area contributed by atoms with Gasteiger partial charge in [0.05, 0.1) is 12.6 Å². The van der Waals surface area contributed by atoms with Crippen molar-refractivity contribution in [3.05, 3.63) is 66.9 Å². The first-order valence-corrected chi connectivity index (χ1v) is 7.88. The molecule has 1 aromatic carbocycles. The number of nitrogens with zero attached hydrogens (tertiary/aromatic N) is 4. The molecule has 3 aromatic heterocycles. The van der Waals surface area contributed by atoms with Crippen molar-refractivity contribution in [1.29, 1.82) is 0 Å². The first-order chi connectivity index (χ1) is 12.7. The number of benzene rings is 1. The lowest BCUT2D eigenvalue weighted by molar-refractivity contribution is 0.415. The number of ether oxygens (including phenoxy) is 1. The van der Waals surface area contributed by atoms with E-state index in [-0.39, 0.29) is 5.82 Å². The van der Waals surface area contributed by atoms with Crippen molar-refractivity contribution >= 4 is 22.5 Å². The van der Waals surface area contributed by atoms with Crippen LogP contribution in [0.15, 0.2) is 61.1 Å². The zero-order chi connectivity index (χ0) is 17.9. The Hall–Kier alpha value is -3.61. The van der Waals surface area contributed by atoms with E-state index in [0.717, 1.165) is 5.56 Å². The number of nitrogens with one attached hydrogen (secondary N) is 1. The summed E-state index contributed by atoms with van der Waals surface area (Å²) >= 11 is 0.